The molecule has 0 aliphatic rings. The van der Waals surface area contributed by atoms with Crippen LogP contribution in [-0.4, -0.2) is 21.5 Å². The summed E-state index contributed by atoms with van der Waals surface area (Å²) in [7, 11) is 0. The van der Waals surface area contributed by atoms with E-state index in [1.807, 2.05) is 6.92 Å². The van der Waals surface area contributed by atoms with Crippen molar-refractivity contribution in [3.63, 3.8) is 0 Å². The first-order valence-electron chi connectivity index (χ1n) is 5.91. The Morgan fingerprint density at radius 1 is 1.35 bits per heavy atom. The summed E-state index contributed by atoms with van der Waals surface area (Å²) in [4.78, 5) is 0. The average molecular weight is 349 g/mol. The molecular weight excluding hydrogens is 337 g/mol. The molecule has 0 saturated heterocycles. The van der Waals surface area contributed by atoms with Crippen LogP contribution >= 0.6 is 15.9 Å². The van der Waals surface area contributed by atoms with Crippen molar-refractivity contribution in [3.05, 3.63) is 40.1 Å². The van der Waals surface area contributed by atoms with Gasteiger partial charge in [-0.3, -0.25) is 0 Å². The molecule has 4 nitrogen and oxygen atoms in total. The van der Waals surface area contributed by atoms with Crippen LogP contribution in [0.3, 0.4) is 0 Å². The summed E-state index contributed by atoms with van der Waals surface area (Å²) in [6, 6.07) is 3.95. The lowest BCUT2D eigenvalue weighted by atomic mass is 10.1. The van der Waals surface area contributed by atoms with Crippen molar-refractivity contribution in [3.8, 4) is 5.69 Å². The predicted octanol–water partition coefficient (Wildman–Crippen LogP) is 3.16. The molecule has 2 aromatic rings. The molecule has 1 heterocycles. The second-order valence-electron chi connectivity index (χ2n) is 4.08. The first-order chi connectivity index (χ1) is 9.43. The molecule has 1 aromatic heterocycles. The topological polar surface area (TPSA) is 42.7 Å². The highest BCUT2D eigenvalue weighted by atomic mass is 79.9. The number of rotatable bonds is 4. The Hall–Kier alpha value is -1.41. The molecule has 0 saturated carbocycles. The number of halogens is 4. The number of hydrogen-bond acceptors (Lipinski definition) is 3. The molecule has 1 aromatic carbocycles. The van der Waals surface area contributed by atoms with Crippen LogP contribution in [-0.2, 0) is 12.7 Å². The highest BCUT2D eigenvalue weighted by molar-refractivity contribution is 9.10. The van der Waals surface area contributed by atoms with E-state index in [4.69, 9.17) is 0 Å². The van der Waals surface area contributed by atoms with Gasteiger partial charge in [-0.2, -0.15) is 13.2 Å². The molecule has 0 radical (unpaired) electrons. The maximum atomic E-state index is 13.1. The maximum absolute atomic E-state index is 13.1. The second-order valence-corrected chi connectivity index (χ2v) is 4.99. The van der Waals surface area contributed by atoms with Crippen LogP contribution in [0.2, 0.25) is 0 Å². The molecule has 20 heavy (non-hydrogen) atoms. The summed E-state index contributed by atoms with van der Waals surface area (Å²) < 4.78 is 40.9. The maximum Gasteiger partial charge on any atom is 0.418 e. The third-order valence-electron chi connectivity index (χ3n) is 2.67. The second kappa shape index (κ2) is 5.92. The highest BCUT2D eigenvalue weighted by Crippen LogP contribution is 2.35. The third kappa shape index (κ3) is 3.18. The molecule has 0 amide bonds. The molecule has 1 N–H and O–H groups in total. The van der Waals surface area contributed by atoms with Crippen LogP contribution in [0.15, 0.2) is 28.9 Å². The predicted molar refractivity (Wildman–Crippen MR) is 71.4 cm³/mol. The Morgan fingerprint density at radius 2 is 2.10 bits per heavy atom. The number of nitrogens with one attached hydrogen (secondary N) is 1. The fourth-order valence-corrected chi connectivity index (χ4v) is 2.11. The molecule has 0 bridgehead atoms. The molecule has 0 unspecified atom stereocenters. The van der Waals surface area contributed by atoms with Gasteiger partial charge in [0, 0.05) is 11.0 Å². The summed E-state index contributed by atoms with van der Waals surface area (Å²) in [6.07, 6.45) is -3.01. The largest absolute Gasteiger partial charge is 0.418 e. The van der Waals surface area contributed by atoms with E-state index >= 15 is 0 Å². The fourth-order valence-electron chi connectivity index (χ4n) is 1.75. The Bertz CT molecular complexity index is 595. The summed E-state index contributed by atoms with van der Waals surface area (Å²) >= 11 is 3.05. The summed E-state index contributed by atoms with van der Waals surface area (Å²) in [5.41, 5.74) is -0.221. The van der Waals surface area contributed by atoms with E-state index in [2.05, 4.69) is 31.6 Å². The van der Waals surface area contributed by atoms with Gasteiger partial charge in [-0.25, -0.2) is 4.68 Å². The zero-order valence-electron chi connectivity index (χ0n) is 10.6. The molecule has 0 spiro atoms. The van der Waals surface area contributed by atoms with Gasteiger partial charge in [-0.1, -0.05) is 28.1 Å². The summed E-state index contributed by atoms with van der Waals surface area (Å²) in [5.74, 6) is 0. The van der Waals surface area contributed by atoms with Crippen molar-refractivity contribution in [1.82, 2.24) is 20.3 Å². The molecule has 2 rings (SSSR count). The van der Waals surface area contributed by atoms with Crippen LogP contribution in [0.25, 0.3) is 5.69 Å². The SMILES string of the molecule is CCNCc1cnnn1-c1ccc(Br)cc1C(F)(F)F. The summed E-state index contributed by atoms with van der Waals surface area (Å²) in [6.45, 7) is 3.02. The van der Waals surface area contributed by atoms with Crippen LogP contribution in [0, 0.1) is 0 Å². The molecule has 108 valence electrons. The van der Waals surface area contributed by atoms with Gasteiger partial charge in [-0.15, -0.1) is 5.10 Å². The number of benzene rings is 1. The number of hydrogen-bond donors (Lipinski definition) is 1. The van der Waals surface area contributed by atoms with Crippen molar-refractivity contribution in [2.24, 2.45) is 0 Å². The lowest BCUT2D eigenvalue weighted by molar-refractivity contribution is -0.137. The summed E-state index contributed by atoms with van der Waals surface area (Å²) in [5, 5.41) is 10.5. The van der Waals surface area contributed by atoms with E-state index in [1.54, 1.807) is 6.07 Å². The third-order valence-corrected chi connectivity index (χ3v) is 3.16. The highest BCUT2D eigenvalue weighted by Gasteiger charge is 2.34. The van der Waals surface area contributed by atoms with Crippen LogP contribution in [0.4, 0.5) is 13.2 Å². The van der Waals surface area contributed by atoms with Crippen molar-refractivity contribution in [2.45, 2.75) is 19.6 Å². The lowest BCUT2D eigenvalue weighted by Crippen LogP contribution is -2.18. The Morgan fingerprint density at radius 3 is 2.75 bits per heavy atom. The van der Waals surface area contributed by atoms with Gasteiger partial charge in [-0.05, 0) is 24.7 Å². The monoisotopic (exact) mass is 348 g/mol. The van der Waals surface area contributed by atoms with E-state index in [9.17, 15) is 13.2 Å². The van der Waals surface area contributed by atoms with Crippen LogP contribution in [0.1, 0.15) is 18.2 Å². The number of alkyl halides is 3. The van der Waals surface area contributed by atoms with Crippen molar-refractivity contribution in [2.75, 3.05) is 6.54 Å². The minimum atomic E-state index is -4.46. The van der Waals surface area contributed by atoms with E-state index in [0.29, 0.717) is 23.3 Å². The van der Waals surface area contributed by atoms with Gasteiger partial charge >= 0.3 is 6.18 Å². The van der Waals surface area contributed by atoms with Gasteiger partial charge in [0.25, 0.3) is 0 Å². The van der Waals surface area contributed by atoms with E-state index < -0.39 is 11.7 Å². The molecular formula is C12H12BrF3N4. The quantitative estimate of drug-likeness (QED) is 0.922. The Labute approximate surface area is 122 Å². The van der Waals surface area contributed by atoms with Gasteiger partial charge in [0.05, 0.1) is 23.1 Å². The molecule has 0 aliphatic carbocycles. The van der Waals surface area contributed by atoms with Gasteiger partial charge < -0.3 is 5.32 Å². The zero-order chi connectivity index (χ0) is 14.8. The van der Waals surface area contributed by atoms with E-state index in [-0.39, 0.29) is 5.69 Å². The normalized spacial score (nSPS) is 11.8. The minimum Gasteiger partial charge on any atom is -0.311 e. The van der Waals surface area contributed by atoms with Crippen LogP contribution in [0.5, 0.6) is 0 Å². The zero-order valence-corrected chi connectivity index (χ0v) is 12.2. The van der Waals surface area contributed by atoms with Crippen molar-refractivity contribution in [1.29, 1.82) is 0 Å². The van der Waals surface area contributed by atoms with Crippen molar-refractivity contribution >= 4 is 15.9 Å². The minimum absolute atomic E-state index is 0.0360. The number of nitrogens with zero attached hydrogens (tertiary/aromatic N) is 3. The number of aromatic nitrogens is 3. The Balaban J connectivity index is 2.50. The molecule has 8 heteroatoms. The van der Waals surface area contributed by atoms with Gasteiger partial charge in [0.1, 0.15) is 0 Å². The molecule has 0 atom stereocenters. The van der Waals surface area contributed by atoms with E-state index in [0.717, 1.165) is 6.07 Å². The van der Waals surface area contributed by atoms with Gasteiger partial charge in [0.2, 0.25) is 0 Å². The Kier molecular flexibility index (Phi) is 4.44. The molecule has 0 fully saturated rings. The fraction of sp³-hybridized carbons (Fsp3) is 0.333. The molecule has 0 aliphatic heterocycles. The van der Waals surface area contributed by atoms with Crippen LogP contribution < -0.4 is 5.32 Å². The van der Waals surface area contributed by atoms with Gasteiger partial charge in [0.15, 0.2) is 0 Å². The smallest absolute Gasteiger partial charge is 0.311 e. The first kappa shape index (κ1) is 15.0. The average Bonchev–Trinajstić information content (AvgIpc) is 2.83. The lowest BCUT2D eigenvalue weighted by Gasteiger charge is -2.14. The van der Waals surface area contributed by atoms with E-state index in [1.165, 1.54) is 16.9 Å². The first-order valence-corrected chi connectivity index (χ1v) is 6.70. The van der Waals surface area contributed by atoms with Crippen molar-refractivity contribution < 1.29 is 13.2 Å². The standard InChI is InChI=1S/C12H12BrF3N4/c1-2-17-6-9-7-18-19-20(9)11-4-3-8(13)5-10(11)12(14,15)16/h3-5,7,17H,2,6H2,1H3.